The first-order chi connectivity index (χ1) is 13.2. The maximum atomic E-state index is 11.2. The molecule has 0 spiro atoms. The lowest BCUT2D eigenvalue weighted by Crippen LogP contribution is -2.58. The van der Waals surface area contributed by atoms with Crippen molar-refractivity contribution in [2.75, 3.05) is 0 Å². The number of carbonyl (C=O) groups is 1. The molecule has 0 aromatic rings. The number of hydrogen-bond acceptors (Lipinski definition) is 4. The van der Waals surface area contributed by atoms with Gasteiger partial charge in [-0.05, 0) is 111 Å². The van der Waals surface area contributed by atoms with E-state index >= 15 is 0 Å². The third kappa shape index (κ3) is 3.14. The van der Waals surface area contributed by atoms with Crippen LogP contribution in [0.15, 0.2) is 0 Å². The second-order valence-electron chi connectivity index (χ2n) is 11.3. The van der Waals surface area contributed by atoms with Gasteiger partial charge in [0.2, 0.25) is 0 Å². The van der Waals surface area contributed by atoms with Crippen molar-refractivity contribution in [2.24, 2.45) is 46.3 Å². The molecule has 4 aliphatic carbocycles. The lowest BCUT2D eigenvalue weighted by Gasteiger charge is -2.62. The Morgan fingerprint density at radius 2 is 1.71 bits per heavy atom. The lowest BCUT2D eigenvalue weighted by molar-refractivity contribution is -0.306. The van der Waals surface area contributed by atoms with Gasteiger partial charge in [-0.2, -0.15) is 0 Å². The summed E-state index contributed by atoms with van der Waals surface area (Å²) in [7, 11) is 0. The Morgan fingerprint density at radius 1 is 1.04 bits per heavy atom. The van der Waals surface area contributed by atoms with E-state index in [2.05, 4.69) is 20.8 Å². The highest BCUT2D eigenvalue weighted by Gasteiger charge is 2.62. The Balaban J connectivity index is 1.55. The highest BCUT2D eigenvalue weighted by molar-refractivity contribution is 5.64. The standard InChI is InChI=1S/C24H40O4/c1-14(4-7-21(27)28)17-5-6-18-22-19(9-11-24(17,18)3)23(2)10-8-16(25)12-15(23)13-20(22)26/h14-20,22,25-26H,4-13H2,1-3H3,(H,27,28)/p-1/t14-,15+,16-,17-,18-,19+,20+,22+,23-,24+/m0/s1. The van der Waals surface area contributed by atoms with Gasteiger partial charge in [-0.3, -0.25) is 0 Å². The molecule has 10 atom stereocenters. The number of carboxylic acids is 1. The Kier molecular flexibility index (Phi) is 5.36. The zero-order chi connectivity index (χ0) is 20.3. The van der Waals surface area contributed by atoms with Crippen molar-refractivity contribution in [3.05, 3.63) is 0 Å². The fraction of sp³-hybridized carbons (Fsp3) is 0.958. The summed E-state index contributed by atoms with van der Waals surface area (Å²) in [6.07, 6.45) is 8.91. The summed E-state index contributed by atoms with van der Waals surface area (Å²) in [5, 5.41) is 32.4. The van der Waals surface area contributed by atoms with Crippen molar-refractivity contribution >= 4 is 5.97 Å². The Hall–Kier alpha value is -0.610. The van der Waals surface area contributed by atoms with E-state index in [0.717, 1.165) is 25.7 Å². The largest absolute Gasteiger partial charge is 0.550 e. The van der Waals surface area contributed by atoms with Crippen molar-refractivity contribution in [3.63, 3.8) is 0 Å². The van der Waals surface area contributed by atoms with Gasteiger partial charge < -0.3 is 20.1 Å². The van der Waals surface area contributed by atoms with Gasteiger partial charge in [0.05, 0.1) is 12.2 Å². The van der Waals surface area contributed by atoms with Crippen LogP contribution in [0.5, 0.6) is 0 Å². The average molecular weight is 392 g/mol. The van der Waals surface area contributed by atoms with Gasteiger partial charge in [0.15, 0.2) is 0 Å². The molecule has 0 bridgehead atoms. The normalized spacial score (nSPS) is 51.7. The van der Waals surface area contributed by atoms with Crippen molar-refractivity contribution in [3.8, 4) is 0 Å². The molecule has 4 rings (SSSR count). The van der Waals surface area contributed by atoms with Crippen molar-refractivity contribution < 1.29 is 20.1 Å². The number of carboxylic acid groups (broad SMARTS) is 1. The van der Waals surface area contributed by atoms with Crippen LogP contribution in [0, 0.1) is 46.3 Å². The van der Waals surface area contributed by atoms with Crippen molar-refractivity contribution in [1.82, 2.24) is 0 Å². The van der Waals surface area contributed by atoms with E-state index in [0.29, 0.717) is 41.9 Å². The third-order valence-corrected chi connectivity index (χ3v) is 10.2. The number of fused-ring (bicyclic) bond motifs is 5. The smallest absolute Gasteiger partial charge is 0.0577 e. The second kappa shape index (κ2) is 7.27. The van der Waals surface area contributed by atoms with Crippen LogP contribution < -0.4 is 5.11 Å². The Bertz CT molecular complexity index is 605. The molecule has 160 valence electrons. The van der Waals surface area contributed by atoms with Crippen LogP contribution >= 0.6 is 0 Å². The van der Waals surface area contributed by atoms with Gasteiger partial charge in [0.1, 0.15) is 0 Å². The number of hydrogen-bond donors (Lipinski definition) is 2. The zero-order valence-electron chi connectivity index (χ0n) is 17.9. The molecule has 0 aliphatic heterocycles. The average Bonchev–Trinajstić information content (AvgIpc) is 2.98. The van der Waals surface area contributed by atoms with Crippen LogP contribution in [0.4, 0.5) is 0 Å². The molecule has 0 unspecified atom stereocenters. The molecular formula is C24H39O4-. The SMILES string of the molecule is C[C@@H](CCC(=O)[O-])[C@@H]1CC[C@H]2[C@H]3[C@H](O)C[C@H]4C[C@@H](O)CC[C@]4(C)[C@@H]3CC[C@@]21C. The van der Waals surface area contributed by atoms with Gasteiger partial charge in [-0.25, -0.2) is 0 Å². The summed E-state index contributed by atoms with van der Waals surface area (Å²) in [6.45, 7) is 7.11. The molecular weight excluding hydrogens is 352 g/mol. The first-order valence-corrected chi connectivity index (χ1v) is 11.7. The van der Waals surface area contributed by atoms with E-state index in [4.69, 9.17) is 0 Å². The predicted molar refractivity (Wildman–Crippen MR) is 106 cm³/mol. The van der Waals surface area contributed by atoms with E-state index in [1.165, 1.54) is 25.7 Å². The number of aliphatic carboxylic acids is 1. The summed E-state index contributed by atoms with van der Waals surface area (Å²) in [5.74, 6) is 1.99. The summed E-state index contributed by atoms with van der Waals surface area (Å²) >= 11 is 0. The molecule has 0 heterocycles. The molecule has 0 amide bonds. The van der Waals surface area contributed by atoms with Gasteiger partial charge in [0, 0.05) is 5.97 Å². The van der Waals surface area contributed by atoms with Gasteiger partial charge in [-0.1, -0.05) is 20.8 Å². The van der Waals surface area contributed by atoms with Crippen LogP contribution in [-0.2, 0) is 4.79 Å². The molecule has 2 N–H and O–H groups in total. The van der Waals surface area contributed by atoms with Gasteiger partial charge >= 0.3 is 0 Å². The lowest BCUT2D eigenvalue weighted by atomic mass is 9.43. The molecule has 4 fully saturated rings. The first kappa shape index (κ1) is 20.7. The summed E-state index contributed by atoms with van der Waals surface area (Å²) in [4.78, 5) is 10.9. The minimum atomic E-state index is -0.934. The maximum absolute atomic E-state index is 11.2. The van der Waals surface area contributed by atoms with E-state index in [-0.39, 0.29) is 29.5 Å². The second-order valence-corrected chi connectivity index (χ2v) is 11.3. The van der Waals surface area contributed by atoms with Crippen LogP contribution in [0.2, 0.25) is 0 Å². The topological polar surface area (TPSA) is 80.6 Å². The van der Waals surface area contributed by atoms with E-state index < -0.39 is 5.97 Å². The number of rotatable bonds is 4. The number of carbonyl (C=O) groups excluding carboxylic acids is 1. The number of aliphatic hydroxyl groups is 2. The summed E-state index contributed by atoms with van der Waals surface area (Å²) < 4.78 is 0. The van der Waals surface area contributed by atoms with E-state index in [1.807, 2.05) is 0 Å². The minimum Gasteiger partial charge on any atom is -0.550 e. The molecule has 4 saturated carbocycles. The maximum Gasteiger partial charge on any atom is 0.0577 e. The third-order valence-electron chi connectivity index (χ3n) is 10.2. The van der Waals surface area contributed by atoms with Crippen LogP contribution in [0.25, 0.3) is 0 Å². The van der Waals surface area contributed by atoms with Crippen molar-refractivity contribution in [2.45, 2.75) is 97.2 Å². The molecule has 4 aliphatic rings. The first-order valence-electron chi connectivity index (χ1n) is 11.7. The molecule has 0 radical (unpaired) electrons. The Morgan fingerprint density at radius 3 is 2.43 bits per heavy atom. The highest BCUT2D eigenvalue weighted by atomic mass is 16.4. The number of aliphatic hydroxyl groups excluding tert-OH is 2. The predicted octanol–water partition coefficient (Wildman–Crippen LogP) is 3.14. The molecule has 4 nitrogen and oxygen atoms in total. The molecule has 0 aromatic heterocycles. The highest BCUT2D eigenvalue weighted by Crippen LogP contribution is 2.68. The van der Waals surface area contributed by atoms with Crippen molar-refractivity contribution in [1.29, 1.82) is 0 Å². The summed E-state index contributed by atoms with van der Waals surface area (Å²) in [6, 6.07) is 0. The minimum absolute atomic E-state index is 0.162. The molecule has 28 heavy (non-hydrogen) atoms. The quantitative estimate of drug-likeness (QED) is 0.771. The molecule has 0 saturated heterocycles. The Labute approximate surface area is 170 Å². The van der Waals surface area contributed by atoms with Gasteiger partial charge in [0.25, 0.3) is 0 Å². The fourth-order valence-corrected chi connectivity index (χ4v) is 8.72. The van der Waals surface area contributed by atoms with Crippen LogP contribution in [0.1, 0.15) is 85.0 Å². The summed E-state index contributed by atoms with van der Waals surface area (Å²) in [5.41, 5.74) is 0.494. The zero-order valence-corrected chi connectivity index (χ0v) is 17.9. The molecule has 0 aromatic carbocycles. The van der Waals surface area contributed by atoms with Crippen LogP contribution in [-0.4, -0.2) is 28.4 Å². The van der Waals surface area contributed by atoms with Gasteiger partial charge in [-0.15, -0.1) is 0 Å². The fourth-order valence-electron chi connectivity index (χ4n) is 8.72. The van der Waals surface area contributed by atoms with E-state index in [9.17, 15) is 20.1 Å². The van der Waals surface area contributed by atoms with E-state index in [1.54, 1.807) is 0 Å². The van der Waals surface area contributed by atoms with Crippen LogP contribution in [0.3, 0.4) is 0 Å². The monoisotopic (exact) mass is 391 g/mol. The molecule has 4 heteroatoms.